The van der Waals surface area contributed by atoms with Crippen molar-refractivity contribution in [3.8, 4) is 0 Å². The topological polar surface area (TPSA) is 63.3 Å². The van der Waals surface area contributed by atoms with Gasteiger partial charge in [0.05, 0.1) is 0 Å². The molecule has 0 aromatic heterocycles. The van der Waals surface area contributed by atoms with Crippen molar-refractivity contribution in [1.29, 1.82) is 0 Å². The fraction of sp³-hybridized carbons (Fsp3) is 0.933. The Bertz CT molecular complexity index is 245. The Morgan fingerprint density at radius 1 is 0.947 bits per heavy atom. The summed E-state index contributed by atoms with van der Waals surface area (Å²) in [7, 11) is 0. The van der Waals surface area contributed by atoms with Crippen LogP contribution >= 0.6 is 12.4 Å². The minimum absolute atomic E-state index is 0. The van der Waals surface area contributed by atoms with E-state index in [1.165, 1.54) is 44.9 Å². The molecule has 0 heterocycles. The summed E-state index contributed by atoms with van der Waals surface area (Å²) in [4.78, 5) is 11.3. The summed E-state index contributed by atoms with van der Waals surface area (Å²) < 4.78 is 0. The van der Waals surface area contributed by atoms with E-state index in [0.29, 0.717) is 0 Å². The highest BCUT2D eigenvalue weighted by Gasteiger charge is 2.36. The predicted octanol–water partition coefficient (Wildman–Crippen LogP) is 4.13. The van der Waals surface area contributed by atoms with Crippen LogP contribution in [0.2, 0.25) is 0 Å². The van der Waals surface area contributed by atoms with E-state index in [2.05, 4.69) is 0 Å². The van der Waals surface area contributed by atoms with Crippen LogP contribution < -0.4 is 5.73 Å². The Labute approximate surface area is 123 Å². The van der Waals surface area contributed by atoms with Crippen LogP contribution in [0.1, 0.15) is 77.6 Å². The monoisotopic (exact) mass is 291 g/mol. The molecule has 1 atom stereocenters. The number of carboxylic acids is 1. The molecule has 1 aliphatic carbocycles. The maximum Gasteiger partial charge on any atom is 0.323 e. The molecule has 1 rings (SSSR count). The number of rotatable bonds is 2. The highest BCUT2D eigenvalue weighted by atomic mass is 35.5. The molecule has 0 aliphatic heterocycles. The fourth-order valence-corrected chi connectivity index (χ4v) is 2.94. The van der Waals surface area contributed by atoms with Crippen LogP contribution in [0.5, 0.6) is 0 Å². The van der Waals surface area contributed by atoms with Crippen LogP contribution in [0.3, 0.4) is 0 Å². The Balaban J connectivity index is 0.00000324. The van der Waals surface area contributed by atoms with Gasteiger partial charge in [-0.15, -0.1) is 12.4 Å². The third-order valence-electron chi connectivity index (χ3n) is 4.41. The SMILES string of the molecule is CC(N)(C(=O)O)C1CCCCCCCCCCC1.Cl. The van der Waals surface area contributed by atoms with Gasteiger partial charge in [0.2, 0.25) is 0 Å². The molecule has 0 radical (unpaired) electrons. The van der Waals surface area contributed by atoms with Gasteiger partial charge in [0.25, 0.3) is 0 Å². The Morgan fingerprint density at radius 2 is 1.26 bits per heavy atom. The summed E-state index contributed by atoms with van der Waals surface area (Å²) in [5, 5.41) is 9.26. The van der Waals surface area contributed by atoms with Gasteiger partial charge < -0.3 is 10.8 Å². The average Bonchev–Trinajstić information content (AvgIpc) is 2.29. The van der Waals surface area contributed by atoms with Crippen LogP contribution in [-0.4, -0.2) is 16.6 Å². The minimum Gasteiger partial charge on any atom is -0.480 e. The van der Waals surface area contributed by atoms with Crippen molar-refractivity contribution in [2.75, 3.05) is 0 Å². The molecule has 3 nitrogen and oxygen atoms in total. The second kappa shape index (κ2) is 9.60. The van der Waals surface area contributed by atoms with Gasteiger partial charge >= 0.3 is 5.97 Å². The lowest BCUT2D eigenvalue weighted by Gasteiger charge is -2.30. The highest BCUT2D eigenvalue weighted by Crippen LogP contribution is 2.28. The van der Waals surface area contributed by atoms with Crippen LogP contribution in [-0.2, 0) is 4.79 Å². The standard InChI is InChI=1S/C15H29NO2.ClH/c1-15(16,14(17)18)13-11-9-7-5-3-2-4-6-8-10-12-13;/h13H,2-12,16H2,1H3,(H,17,18);1H. The van der Waals surface area contributed by atoms with Gasteiger partial charge in [-0.2, -0.15) is 0 Å². The Hall–Kier alpha value is -0.280. The fourth-order valence-electron chi connectivity index (χ4n) is 2.94. The normalized spacial score (nSPS) is 23.3. The van der Waals surface area contributed by atoms with Gasteiger partial charge in [-0.3, -0.25) is 4.79 Å². The number of carbonyl (C=O) groups is 1. The van der Waals surface area contributed by atoms with Crippen molar-refractivity contribution < 1.29 is 9.90 Å². The van der Waals surface area contributed by atoms with Crippen LogP contribution in [0, 0.1) is 5.92 Å². The first kappa shape index (κ1) is 18.7. The quantitative estimate of drug-likeness (QED) is 0.804. The number of carboxylic acid groups (broad SMARTS) is 1. The molecule has 1 unspecified atom stereocenters. The van der Waals surface area contributed by atoms with Crippen LogP contribution in [0.15, 0.2) is 0 Å². The molecule has 0 aromatic carbocycles. The van der Waals surface area contributed by atoms with E-state index in [1.54, 1.807) is 6.92 Å². The number of nitrogens with two attached hydrogens (primary N) is 1. The third-order valence-corrected chi connectivity index (χ3v) is 4.41. The zero-order valence-corrected chi connectivity index (χ0v) is 13.0. The molecule has 0 spiro atoms. The van der Waals surface area contributed by atoms with E-state index < -0.39 is 11.5 Å². The molecular formula is C15H30ClNO2. The van der Waals surface area contributed by atoms with E-state index >= 15 is 0 Å². The Kier molecular flexibility index (Phi) is 9.46. The second-order valence-corrected chi connectivity index (χ2v) is 6.04. The van der Waals surface area contributed by atoms with Gasteiger partial charge in [-0.1, -0.05) is 57.8 Å². The first-order valence-electron chi connectivity index (χ1n) is 7.57. The maximum atomic E-state index is 11.3. The van der Waals surface area contributed by atoms with Crippen molar-refractivity contribution in [2.24, 2.45) is 11.7 Å². The van der Waals surface area contributed by atoms with E-state index in [-0.39, 0.29) is 18.3 Å². The summed E-state index contributed by atoms with van der Waals surface area (Å²) in [6.45, 7) is 1.69. The molecular weight excluding hydrogens is 262 g/mol. The minimum atomic E-state index is -1.05. The van der Waals surface area contributed by atoms with Gasteiger partial charge in [0.15, 0.2) is 0 Å². The first-order valence-corrected chi connectivity index (χ1v) is 7.57. The van der Waals surface area contributed by atoms with Crippen molar-refractivity contribution >= 4 is 18.4 Å². The smallest absolute Gasteiger partial charge is 0.323 e. The number of aliphatic carboxylic acids is 1. The molecule has 114 valence electrons. The van der Waals surface area contributed by atoms with Crippen LogP contribution in [0.4, 0.5) is 0 Å². The molecule has 0 amide bonds. The molecule has 0 aromatic rings. The molecule has 1 saturated carbocycles. The van der Waals surface area contributed by atoms with E-state index in [9.17, 15) is 9.90 Å². The molecule has 19 heavy (non-hydrogen) atoms. The average molecular weight is 292 g/mol. The van der Waals surface area contributed by atoms with Gasteiger partial charge in [-0.05, 0) is 25.7 Å². The summed E-state index contributed by atoms with van der Waals surface area (Å²) in [5.41, 5.74) is 4.96. The van der Waals surface area contributed by atoms with Gasteiger partial charge in [0.1, 0.15) is 5.54 Å². The van der Waals surface area contributed by atoms with Gasteiger partial charge in [0, 0.05) is 0 Å². The molecule has 1 aliphatic rings. The zero-order chi connectivity index (χ0) is 13.4. The van der Waals surface area contributed by atoms with E-state index in [0.717, 1.165) is 25.7 Å². The van der Waals surface area contributed by atoms with Crippen molar-refractivity contribution in [2.45, 2.75) is 83.1 Å². The molecule has 0 bridgehead atoms. The largest absolute Gasteiger partial charge is 0.480 e. The predicted molar refractivity (Wildman–Crippen MR) is 81.8 cm³/mol. The summed E-state index contributed by atoms with van der Waals surface area (Å²) >= 11 is 0. The molecule has 3 N–H and O–H groups in total. The lowest BCUT2D eigenvalue weighted by molar-refractivity contribution is -0.145. The second-order valence-electron chi connectivity index (χ2n) is 6.04. The van der Waals surface area contributed by atoms with Crippen LogP contribution in [0.25, 0.3) is 0 Å². The summed E-state index contributed by atoms with van der Waals surface area (Å²) in [6, 6.07) is 0. The highest BCUT2D eigenvalue weighted by molar-refractivity contribution is 5.85. The van der Waals surface area contributed by atoms with Crippen molar-refractivity contribution in [1.82, 2.24) is 0 Å². The number of hydrogen-bond donors (Lipinski definition) is 2. The first-order chi connectivity index (χ1) is 8.55. The molecule has 0 saturated heterocycles. The zero-order valence-electron chi connectivity index (χ0n) is 12.2. The summed E-state index contributed by atoms with van der Waals surface area (Å²) in [6.07, 6.45) is 13.3. The molecule has 1 fully saturated rings. The maximum absolute atomic E-state index is 11.3. The van der Waals surface area contributed by atoms with E-state index in [4.69, 9.17) is 5.73 Å². The van der Waals surface area contributed by atoms with Crippen molar-refractivity contribution in [3.63, 3.8) is 0 Å². The number of hydrogen-bond acceptors (Lipinski definition) is 2. The van der Waals surface area contributed by atoms with Crippen molar-refractivity contribution in [3.05, 3.63) is 0 Å². The third kappa shape index (κ3) is 6.62. The lowest BCUT2D eigenvalue weighted by atomic mass is 9.79. The summed E-state index contributed by atoms with van der Waals surface area (Å²) in [5.74, 6) is -0.714. The number of halogens is 1. The van der Waals surface area contributed by atoms with E-state index in [1.807, 2.05) is 0 Å². The van der Waals surface area contributed by atoms with Gasteiger partial charge in [-0.25, -0.2) is 0 Å². The lowest BCUT2D eigenvalue weighted by Crippen LogP contribution is -2.51. The molecule has 4 heteroatoms. The Morgan fingerprint density at radius 3 is 1.58 bits per heavy atom.